The summed E-state index contributed by atoms with van der Waals surface area (Å²) in [5.41, 5.74) is 0.660. The highest BCUT2D eigenvalue weighted by atomic mass is 35.5. The van der Waals surface area contributed by atoms with Gasteiger partial charge in [0.15, 0.2) is 0 Å². The van der Waals surface area contributed by atoms with E-state index in [2.05, 4.69) is 0 Å². The molecule has 0 saturated carbocycles. The summed E-state index contributed by atoms with van der Waals surface area (Å²) in [5, 5.41) is 0.521. The second-order valence-corrected chi connectivity index (χ2v) is 3.26. The molecule has 1 N–H and O–H groups in total. The topological polar surface area (TPSA) is 24.8 Å². The van der Waals surface area contributed by atoms with E-state index >= 15 is 0 Å². The van der Waals surface area contributed by atoms with Crippen molar-refractivity contribution in [1.82, 2.24) is 4.53 Å². The fraction of sp³-hybridized carbons (Fsp3) is 0.222. The van der Waals surface area contributed by atoms with Crippen LogP contribution in [0.2, 0.25) is 0 Å². The van der Waals surface area contributed by atoms with Gasteiger partial charge in [-0.2, -0.15) is 5.01 Å². The van der Waals surface area contributed by atoms with Crippen LogP contribution in [0.5, 0.6) is 0 Å². The van der Waals surface area contributed by atoms with Crippen molar-refractivity contribution < 1.29 is 22.2 Å². The van der Waals surface area contributed by atoms with Crippen LogP contribution in [-0.4, -0.2) is 24.5 Å². The zero-order valence-electron chi connectivity index (χ0n) is 8.00. The van der Waals surface area contributed by atoms with E-state index in [1.165, 1.54) is 4.53 Å². The molecular weight excluding hydrogens is 223 g/mol. The SMILES string of the molecule is CN(Cl)[NH+](C)C(=O)c1ccccc1.[Cl-]. The Kier molecular flexibility index (Phi) is 5.72. The summed E-state index contributed by atoms with van der Waals surface area (Å²) in [6.07, 6.45) is 0. The number of quaternary nitrogens is 1. The second kappa shape index (κ2) is 5.98. The molecule has 1 atom stereocenters. The van der Waals surface area contributed by atoms with Crippen LogP contribution in [0.4, 0.5) is 0 Å². The molecule has 0 heterocycles. The number of hydrogen-bond acceptors (Lipinski definition) is 2. The van der Waals surface area contributed by atoms with Gasteiger partial charge in [0.1, 0.15) is 0 Å². The molecule has 0 fully saturated rings. The lowest BCUT2D eigenvalue weighted by Gasteiger charge is -2.14. The minimum Gasteiger partial charge on any atom is -1.00 e. The second-order valence-electron chi connectivity index (χ2n) is 2.76. The first-order valence-electron chi connectivity index (χ1n) is 3.95. The Morgan fingerprint density at radius 2 is 1.86 bits per heavy atom. The molecule has 0 aromatic heterocycles. The lowest BCUT2D eigenvalue weighted by atomic mass is 10.2. The largest absolute Gasteiger partial charge is 1.00 e. The number of carbonyl (C=O) groups is 1. The first-order valence-corrected chi connectivity index (χ1v) is 4.29. The van der Waals surface area contributed by atoms with Crippen LogP contribution in [0, 0.1) is 0 Å². The Labute approximate surface area is 94.7 Å². The van der Waals surface area contributed by atoms with Crippen molar-refractivity contribution in [3.05, 3.63) is 35.9 Å². The molecule has 1 rings (SSSR count). The van der Waals surface area contributed by atoms with Gasteiger partial charge in [-0.1, -0.05) is 22.7 Å². The van der Waals surface area contributed by atoms with Crippen molar-refractivity contribution in [2.75, 3.05) is 14.1 Å². The molecular formula is C9H12Cl2N2O. The van der Waals surface area contributed by atoms with E-state index < -0.39 is 0 Å². The van der Waals surface area contributed by atoms with Crippen molar-refractivity contribution in [3.63, 3.8) is 0 Å². The number of rotatable bonds is 2. The highest BCUT2D eigenvalue weighted by molar-refractivity contribution is 6.12. The number of benzene rings is 1. The summed E-state index contributed by atoms with van der Waals surface area (Å²) in [7, 11) is 3.33. The van der Waals surface area contributed by atoms with Crippen molar-refractivity contribution in [1.29, 1.82) is 0 Å². The Morgan fingerprint density at radius 1 is 1.36 bits per heavy atom. The Morgan fingerprint density at radius 3 is 2.29 bits per heavy atom. The first-order chi connectivity index (χ1) is 6.13. The maximum absolute atomic E-state index is 11.6. The van der Waals surface area contributed by atoms with Gasteiger partial charge in [0, 0.05) is 11.8 Å². The predicted molar refractivity (Wildman–Crippen MR) is 51.3 cm³/mol. The third-order valence-electron chi connectivity index (χ3n) is 1.83. The van der Waals surface area contributed by atoms with Crippen molar-refractivity contribution in [2.45, 2.75) is 0 Å². The zero-order valence-corrected chi connectivity index (χ0v) is 9.51. The Balaban J connectivity index is 0.00000169. The van der Waals surface area contributed by atoms with Gasteiger partial charge >= 0.3 is 5.91 Å². The van der Waals surface area contributed by atoms with Crippen LogP contribution < -0.4 is 17.4 Å². The number of nitrogens with one attached hydrogen (secondary N) is 1. The molecule has 1 aromatic carbocycles. The maximum Gasteiger partial charge on any atom is 0.364 e. The molecule has 1 aromatic rings. The van der Waals surface area contributed by atoms with Crippen LogP contribution in [-0.2, 0) is 0 Å². The summed E-state index contributed by atoms with van der Waals surface area (Å²) in [6.45, 7) is 0. The molecule has 3 nitrogen and oxygen atoms in total. The van der Waals surface area contributed by atoms with E-state index in [-0.39, 0.29) is 18.3 Å². The van der Waals surface area contributed by atoms with Gasteiger partial charge in [-0.15, -0.1) is 0 Å². The molecule has 0 aliphatic carbocycles. The average molecular weight is 235 g/mol. The number of amides is 1. The fourth-order valence-corrected chi connectivity index (χ4v) is 1.02. The van der Waals surface area contributed by atoms with Gasteiger partial charge in [0.25, 0.3) is 0 Å². The minimum absolute atomic E-state index is 0. The molecule has 5 heteroatoms. The van der Waals surface area contributed by atoms with E-state index in [4.69, 9.17) is 11.8 Å². The van der Waals surface area contributed by atoms with E-state index in [0.717, 1.165) is 0 Å². The molecule has 14 heavy (non-hydrogen) atoms. The van der Waals surface area contributed by atoms with Crippen molar-refractivity contribution >= 4 is 17.7 Å². The maximum atomic E-state index is 11.6. The molecule has 0 aliphatic rings. The molecule has 0 saturated heterocycles. The number of nitrogens with zero attached hydrogens (tertiary/aromatic N) is 1. The van der Waals surface area contributed by atoms with Crippen LogP contribution in [0.1, 0.15) is 10.4 Å². The van der Waals surface area contributed by atoms with Crippen LogP contribution in [0.3, 0.4) is 0 Å². The number of carbonyl (C=O) groups excluding carboxylic acids is 1. The number of hydrogen-bond donors (Lipinski definition) is 1. The molecule has 1 amide bonds. The van der Waals surface area contributed by atoms with Crippen molar-refractivity contribution in [2.24, 2.45) is 0 Å². The zero-order chi connectivity index (χ0) is 9.84. The summed E-state index contributed by atoms with van der Waals surface area (Å²) in [6, 6.07) is 9.07. The highest BCUT2D eigenvalue weighted by Crippen LogP contribution is 1.95. The smallest absolute Gasteiger partial charge is 0.364 e. The standard InChI is InChI=1S/C9H11ClN2O.ClH/c1-11(12(2)10)9(13)8-6-4-3-5-7-8;/h3-7H,1-2H3;1H. The molecule has 1 unspecified atom stereocenters. The first kappa shape index (κ1) is 13.4. The van der Waals surface area contributed by atoms with Crippen molar-refractivity contribution in [3.8, 4) is 0 Å². The molecule has 0 aliphatic heterocycles. The van der Waals surface area contributed by atoms with E-state index in [1.54, 1.807) is 26.2 Å². The third-order valence-corrected chi connectivity index (χ3v) is 2.08. The van der Waals surface area contributed by atoms with Gasteiger partial charge in [0.05, 0.1) is 19.7 Å². The van der Waals surface area contributed by atoms with E-state index in [1.807, 2.05) is 18.2 Å². The lowest BCUT2D eigenvalue weighted by molar-refractivity contribution is -0.897. The van der Waals surface area contributed by atoms with Crippen LogP contribution in [0.15, 0.2) is 30.3 Å². The fourth-order valence-electron chi connectivity index (χ4n) is 0.938. The molecule has 0 spiro atoms. The third kappa shape index (κ3) is 3.27. The Bertz CT molecular complexity index is 290. The van der Waals surface area contributed by atoms with E-state index in [9.17, 15) is 4.79 Å². The number of halogens is 2. The molecule has 0 bridgehead atoms. The monoisotopic (exact) mass is 234 g/mol. The minimum atomic E-state index is -0.0434. The van der Waals surface area contributed by atoms with Gasteiger partial charge in [0.2, 0.25) is 0 Å². The molecule has 0 radical (unpaired) electrons. The summed E-state index contributed by atoms with van der Waals surface area (Å²) >= 11 is 5.65. The highest BCUT2D eigenvalue weighted by Gasteiger charge is 2.19. The summed E-state index contributed by atoms with van der Waals surface area (Å²) in [5.74, 6) is -0.0434. The summed E-state index contributed by atoms with van der Waals surface area (Å²) in [4.78, 5) is 11.6. The predicted octanol–water partition coefficient (Wildman–Crippen LogP) is -2.65. The van der Waals surface area contributed by atoms with E-state index in [0.29, 0.717) is 10.6 Å². The summed E-state index contributed by atoms with van der Waals surface area (Å²) < 4.78 is 1.30. The van der Waals surface area contributed by atoms with Gasteiger partial charge in [-0.3, -0.25) is 0 Å². The average Bonchev–Trinajstić information content (AvgIpc) is 2.17. The van der Waals surface area contributed by atoms with Crippen LogP contribution in [0.25, 0.3) is 0 Å². The van der Waals surface area contributed by atoms with Gasteiger partial charge in [-0.25, -0.2) is 4.79 Å². The van der Waals surface area contributed by atoms with Gasteiger partial charge < -0.3 is 12.4 Å². The lowest BCUT2D eigenvalue weighted by Crippen LogP contribution is -3.16. The quantitative estimate of drug-likeness (QED) is 0.447. The Hall–Kier alpha value is -0.610. The van der Waals surface area contributed by atoms with Gasteiger partial charge in [-0.05, 0) is 12.1 Å². The normalized spacial score (nSPS) is 12.0. The van der Waals surface area contributed by atoms with Crippen LogP contribution >= 0.6 is 11.8 Å². The molecule has 78 valence electrons.